The number of hydrogen-bond donors (Lipinski definition) is 2. The maximum Gasteiger partial charge on any atom is 0.224 e. The summed E-state index contributed by atoms with van der Waals surface area (Å²) in [6.07, 6.45) is 9.97. The molecule has 7 nitrogen and oxygen atoms in total. The van der Waals surface area contributed by atoms with Gasteiger partial charge in [-0.25, -0.2) is 13.9 Å². The van der Waals surface area contributed by atoms with Crippen LogP contribution in [0.25, 0.3) is 22.3 Å². The Morgan fingerprint density at radius 2 is 1.97 bits per heavy atom. The molecule has 0 bridgehead atoms. The second kappa shape index (κ2) is 9.00. The molecule has 4 rings (SSSR count). The number of hydrogen-bond acceptors (Lipinski definition) is 5. The molecule has 0 radical (unpaired) electrons. The molecule has 1 aliphatic carbocycles. The van der Waals surface area contributed by atoms with Crippen LogP contribution < -0.4 is 5.32 Å². The van der Waals surface area contributed by atoms with Gasteiger partial charge in [0.25, 0.3) is 0 Å². The summed E-state index contributed by atoms with van der Waals surface area (Å²) in [5, 5.41) is 9.17. The summed E-state index contributed by atoms with van der Waals surface area (Å²) < 4.78 is 22.6. The lowest BCUT2D eigenvalue weighted by Crippen LogP contribution is -2.15. The van der Waals surface area contributed by atoms with E-state index in [2.05, 4.69) is 21.9 Å². The molecule has 3 aromatic rings. The van der Waals surface area contributed by atoms with Gasteiger partial charge in [0.05, 0.1) is 16.3 Å². The van der Waals surface area contributed by atoms with Crippen LogP contribution in [-0.2, 0) is 11.1 Å². The Bertz CT molecular complexity index is 996. The first-order valence-electron chi connectivity index (χ1n) is 10.4. The average molecular weight is 414 g/mol. The van der Waals surface area contributed by atoms with E-state index in [1.807, 2.05) is 18.3 Å². The zero-order valence-electron chi connectivity index (χ0n) is 16.7. The Hall–Kier alpha value is -2.32. The summed E-state index contributed by atoms with van der Waals surface area (Å²) in [5.74, 6) is 0.639. The van der Waals surface area contributed by atoms with Gasteiger partial charge in [0, 0.05) is 18.3 Å². The number of fused-ring (bicyclic) bond motifs is 1. The van der Waals surface area contributed by atoms with Crippen molar-refractivity contribution >= 4 is 28.1 Å². The van der Waals surface area contributed by atoms with Crippen molar-refractivity contribution in [2.24, 2.45) is 0 Å². The van der Waals surface area contributed by atoms with E-state index in [-0.39, 0.29) is 0 Å². The Morgan fingerprint density at radius 3 is 2.66 bits per heavy atom. The lowest BCUT2D eigenvalue weighted by molar-refractivity contribution is 0.336. The Labute approximate surface area is 173 Å². The van der Waals surface area contributed by atoms with Gasteiger partial charge in [0.1, 0.15) is 5.69 Å². The van der Waals surface area contributed by atoms with Crippen molar-refractivity contribution in [3.63, 3.8) is 0 Å². The van der Waals surface area contributed by atoms with Crippen LogP contribution in [0, 0.1) is 0 Å². The molecule has 0 amide bonds. The van der Waals surface area contributed by atoms with E-state index in [0.29, 0.717) is 16.9 Å². The number of anilines is 1. The minimum atomic E-state index is -1.99. The summed E-state index contributed by atoms with van der Waals surface area (Å²) in [6, 6.07) is 7.35. The largest absolute Gasteiger partial charge is 0.354 e. The molecule has 29 heavy (non-hydrogen) atoms. The SMILES string of the molecule is CCCCNc1ncc2c(-c3ccc(S(=O)O)cc3)nn(C3CCCCC3)c2n1. The second-order valence-electron chi connectivity index (χ2n) is 7.57. The topological polar surface area (TPSA) is 92.9 Å². The van der Waals surface area contributed by atoms with E-state index in [1.54, 1.807) is 12.1 Å². The predicted octanol–water partition coefficient (Wildman–Crippen LogP) is 4.79. The molecule has 2 aromatic heterocycles. The molecule has 1 atom stereocenters. The van der Waals surface area contributed by atoms with Gasteiger partial charge in [0.2, 0.25) is 5.95 Å². The van der Waals surface area contributed by atoms with Crippen molar-refractivity contribution in [2.75, 3.05) is 11.9 Å². The standard InChI is InChI=1S/C21H27N5O2S/c1-2-3-13-22-21-23-14-18-19(15-9-11-17(12-10-15)29(27)28)25-26(20(18)24-21)16-7-5-4-6-8-16/h9-12,14,16H,2-8,13H2,1H3,(H,27,28)(H,22,23,24). The van der Waals surface area contributed by atoms with E-state index < -0.39 is 11.1 Å². The van der Waals surface area contributed by atoms with Gasteiger partial charge in [-0.3, -0.25) is 0 Å². The quantitative estimate of drug-likeness (QED) is 0.427. The second-order valence-corrected chi connectivity index (χ2v) is 8.54. The summed E-state index contributed by atoms with van der Waals surface area (Å²) in [6.45, 7) is 3.01. The Kier molecular flexibility index (Phi) is 6.20. The third-order valence-electron chi connectivity index (χ3n) is 5.51. The monoisotopic (exact) mass is 413 g/mol. The Balaban J connectivity index is 1.76. The zero-order valence-corrected chi connectivity index (χ0v) is 17.5. The van der Waals surface area contributed by atoms with Crippen LogP contribution in [0.15, 0.2) is 35.4 Å². The molecule has 154 valence electrons. The van der Waals surface area contributed by atoms with E-state index in [4.69, 9.17) is 10.1 Å². The fraction of sp³-hybridized carbons (Fsp3) is 0.476. The van der Waals surface area contributed by atoms with Crippen molar-refractivity contribution in [1.29, 1.82) is 0 Å². The third kappa shape index (κ3) is 4.33. The minimum Gasteiger partial charge on any atom is -0.354 e. The van der Waals surface area contributed by atoms with Crippen LogP contribution in [0.4, 0.5) is 5.95 Å². The highest BCUT2D eigenvalue weighted by Gasteiger charge is 2.22. The fourth-order valence-corrected chi connectivity index (χ4v) is 4.28. The van der Waals surface area contributed by atoms with Gasteiger partial charge >= 0.3 is 0 Å². The summed E-state index contributed by atoms with van der Waals surface area (Å²) in [5.41, 5.74) is 2.57. The van der Waals surface area contributed by atoms with E-state index in [9.17, 15) is 8.76 Å². The van der Waals surface area contributed by atoms with E-state index in [1.165, 1.54) is 19.3 Å². The van der Waals surface area contributed by atoms with E-state index in [0.717, 1.165) is 54.5 Å². The normalized spacial score (nSPS) is 16.2. The van der Waals surface area contributed by atoms with Crippen LogP contribution in [0.2, 0.25) is 0 Å². The average Bonchev–Trinajstić information content (AvgIpc) is 3.13. The number of rotatable bonds is 7. The van der Waals surface area contributed by atoms with Crippen LogP contribution in [0.5, 0.6) is 0 Å². The lowest BCUT2D eigenvalue weighted by Gasteiger charge is -2.22. The van der Waals surface area contributed by atoms with E-state index >= 15 is 0 Å². The first kappa shape index (κ1) is 20.0. The third-order valence-corrected chi connectivity index (χ3v) is 6.19. The highest BCUT2D eigenvalue weighted by Crippen LogP contribution is 2.34. The number of nitrogens with one attached hydrogen (secondary N) is 1. The predicted molar refractivity (Wildman–Crippen MR) is 115 cm³/mol. The molecule has 1 aliphatic rings. The molecule has 0 saturated heterocycles. The molecule has 8 heteroatoms. The zero-order chi connectivity index (χ0) is 20.2. The van der Waals surface area contributed by atoms with Crippen molar-refractivity contribution in [1.82, 2.24) is 19.7 Å². The van der Waals surface area contributed by atoms with Gasteiger partial charge in [-0.05, 0) is 31.4 Å². The highest BCUT2D eigenvalue weighted by atomic mass is 32.2. The number of aromatic nitrogens is 4. The molecule has 2 N–H and O–H groups in total. The first-order chi connectivity index (χ1) is 14.2. The summed E-state index contributed by atoms with van der Waals surface area (Å²) in [7, 11) is 0. The fourth-order valence-electron chi connectivity index (χ4n) is 3.91. The van der Waals surface area contributed by atoms with Gasteiger partial charge in [-0.2, -0.15) is 10.1 Å². The van der Waals surface area contributed by atoms with Crippen LogP contribution in [-0.4, -0.2) is 35.1 Å². The molecule has 0 aliphatic heterocycles. The summed E-state index contributed by atoms with van der Waals surface area (Å²) in [4.78, 5) is 9.69. The minimum absolute atomic E-state index is 0.350. The maximum atomic E-state index is 11.3. The molecule has 1 unspecified atom stereocenters. The maximum absolute atomic E-state index is 11.3. The van der Waals surface area contributed by atoms with Gasteiger partial charge in [-0.15, -0.1) is 0 Å². The molecule has 1 fully saturated rings. The van der Waals surface area contributed by atoms with Crippen molar-refractivity contribution in [3.05, 3.63) is 30.5 Å². The van der Waals surface area contributed by atoms with Crippen molar-refractivity contribution in [2.45, 2.75) is 62.8 Å². The van der Waals surface area contributed by atoms with Crippen LogP contribution >= 0.6 is 0 Å². The van der Waals surface area contributed by atoms with Gasteiger partial charge < -0.3 is 9.87 Å². The molecule has 1 aromatic carbocycles. The molecule has 0 spiro atoms. The molecule has 1 saturated carbocycles. The summed E-state index contributed by atoms with van der Waals surface area (Å²) >= 11 is -1.99. The number of nitrogens with zero attached hydrogens (tertiary/aromatic N) is 4. The smallest absolute Gasteiger partial charge is 0.224 e. The van der Waals surface area contributed by atoms with Crippen LogP contribution in [0.1, 0.15) is 57.9 Å². The first-order valence-corrected chi connectivity index (χ1v) is 11.5. The van der Waals surface area contributed by atoms with Crippen LogP contribution in [0.3, 0.4) is 0 Å². The van der Waals surface area contributed by atoms with Crippen molar-refractivity contribution < 1.29 is 8.76 Å². The number of benzene rings is 1. The molecular weight excluding hydrogens is 386 g/mol. The lowest BCUT2D eigenvalue weighted by atomic mass is 9.96. The highest BCUT2D eigenvalue weighted by molar-refractivity contribution is 7.79. The molecular formula is C21H27N5O2S. The molecule has 2 heterocycles. The van der Waals surface area contributed by atoms with Crippen molar-refractivity contribution in [3.8, 4) is 11.3 Å². The number of unbranched alkanes of at least 4 members (excludes halogenated alkanes) is 1. The van der Waals surface area contributed by atoms with Gasteiger partial charge in [0.15, 0.2) is 16.7 Å². The Morgan fingerprint density at radius 1 is 1.21 bits per heavy atom. The van der Waals surface area contributed by atoms with Gasteiger partial charge in [-0.1, -0.05) is 44.7 Å².